The average molecular weight is 465 g/mol. The number of anilines is 2. The molecule has 3 N–H and O–H groups in total. The number of amides is 2. The van der Waals surface area contributed by atoms with Crippen LogP contribution in [0, 0.1) is 12.8 Å². The van der Waals surface area contributed by atoms with E-state index < -0.39 is 0 Å². The van der Waals surface area contributed by atoms with E-state index in [9.17, 15) is 9.59 Å². The van der Waals surface area contributed by atoms with Crippen LogP contribution in [0.25, 0.3) is 10.6 Å². The Balaban J connectivity index is 1.40. The Morgan fingerprint density at radius 3 is 2.39 bits per heavy atom. The van der Waals surface area contributed by atoms with Gasteiger partial charge in [-0.15, -0.1) is 11.3 Å². The molecule has 0 aliphatic carbocycles. The van der Waals surface area contributed by atoms with E-state index in [0.29, 0.717) is 17.2 Å². The molecule has 8 heteroatoms. The molecule has 2 aromatic carbocycles. The van der Waals surface area contributed by atoms with Crippen LogP contribution in [0.2, 0.25) is 0 Å². The summed E-state index contributed by atoms with van der Waals surface area (Å²) in [5.41, 5.74) is 8.88. The Kier molecular flexibility index (Phi) is 6.93. The van der Waals surface area contributed by atoms with Gasteiger partial charge in [0.1, 0.15) is 15.6 Å². The van der Waals surface area contributed by atoms with Gasteiger partial charge in [0.2, 0.25) is 5.91 Å². The van der Waals surface area contributed by atoms with Crippen LogP contribution >= 0.6 is 11.3 Å². The van der Waals surface area contributed by atoms with Crippen LogP contribution < -0.4 is 20.7 Å². The third kappa shape index (κ3) is 5.34. The Morgan fingerprint density at radius 2 is 1.79 bits per heavy atom. The van der Waals surface area contributed by atoms with E-state index in [0.717, 1.165) is 53.6 Å². The molecule has 1 aliphatic heterocycles. The van der Waals surface area contributed by atoms with E-state index in [4.69, 9.17) is 10.5 Å². The number of nitrogens with two attached hydrogens (primary N) is 1. The summed E-state index contributed by atoms with van der Waals surface area (Å²) >= 11 is 1.38. The Labute approximate surface area is 197 Å². The number of hydrogen-bond donors (Lipinski definition) is 2. The van der Waals surface area contributed by atoms with Crippen molar-refractivity contribution in [2.24, 2.45) is 11.7 Å². The summed E-state index contributed by atoms with van der Waals surface area (Å²) in [7, 11) is 0. The standard InChI is InChI=1S/C25H28N4O3S/c1-3-32-21-10-4-18(5-11-21)25-27-16(2)22(33-25)24(31)28-19-6-8-20(9-7-19)29-14-12-17(13-15-29)23(26)30/h4-11,17H,3,12-15H2,1-2H3,(H2,26,30)(H,28,31). The number of nitrogens with zero attached hydrogens (tertiary/aromatic N) is 2. The molecule has 1 aliphatic rings. The van der Waals surface area contributed by atoms with Crippen LogP contribution in [0.15, 0.2) is 48.5 Å². The van der Waals surface area contributed by atoms with Gasteiger partial charge in [-0.05, 0) is 75.2 Å². The Bertz CT molecular complexity index is 1120. The average Bonchev–Trinajstić information content (AvgIpc) is 3.22. The summed E-state index contributed by atoms with van der Waals surface area (Å²) in [6.07, 6.45) is 1.55. The number of ether oxygens (including phenoxy) is 1. The smallest absolute Gasteiger partial charge is 0.267 e. The lowest BCUT2D eigenvalue weighted by atomic mass is 9.96. The van der Waals surface area contributed by atoms with Gasteiger partial charge < -0.3 is 20.7 Å². The first kappa shape index (κ1) is 22.8. The molecule has 7 nitrogen and oxygen atoms in total. The minimum Gasteiger partial charge on any atom is -0.494 e. The summed E-state index contributed by atoms with van der Waals surface area (Å²) in [6.45, 7) is 6.02. The molecule has 0 unspecified atom stereocenters. The van der Waals surface area contributed by atoms with Crippen molar-refractivity contribution in [1.82, 2.24) is 4.98 Å². The van der Waals surface area contributed by atoms with Gasteiger partial charge in [-0.1, -0.05) is 0 Å². The van der Waals surface area contributed by atoms with Crippen LogP contribution in [0.5, 0.6) is 5.75 Å². The quantitative estimate of drug-likeness (QED) is 0.538. The van der Waals surface area contributed by atoms with Gasteiger partial charge in [-0.25, -0.2) is 4.98 Å². The molecule has 33 heavy (non-hydrogen) atoms. The van der Waals surface area contributed by atoms with Crippen molar-refractivity contribution in [2.75, 3.05) is 29.9 Å². The van der Waals surface area contributed by atoms with Crippen molar-refractivity contribution in [3.8, 4) is 16.3 Å². The van der Waals surface area contributed by atoms with Gasteiger partial charge in [0.15, 0.2) is 0 Å². The Morgan fingerprint density at radius 1 is 1.12 bits per heavy atom. The number of aryl methyl sites for hydroxylation is 1. The molecule has 1 aromatic heterocycles. The zero-order valence-corrected chi connectivity index (χ0v) is 19.7. The lowest BCUT2D eigenvalue weighted by Crippen LogP contribution is -2.38. The van der Waals surface area contributed by atoms with Gasteiger partial charge in [-0.3, -0.25) is 9.59 Å². The molecule has 4 rings (SSSR count). The minimum atomic E-state index is -0.211. The number of rotatable bonds is 7. The molecule has 1 saturated heterocycles. The summed E-state index contributed by atoms with van der Waals surface area (Å²) in [5, 5.41) is 3.77. The molecule has 1 fully saturated rings. The maximum Gasteiger partial charge on any atom is 0.267 e. The van der Waals surface area contributed by atoms with Crippen molar-refractivity contribution in [2.45, 2.75) is 26.7 Å². The van der Waals surface area contributed by atoms with E-state index in [-0.39, 0.29) is 17.7 Å². The van der Waals surface area contributed by atoms with E-state index in [1.54, 1.807) is 0 Å². The van der Waals surface area contributed by atoms with Crippen molar-refractivity contribution < 1.29 is 14.3 Å². The van der Waals surface area contributed by atoms with Gasteiger partial charge >= 0.3 is 0 Å². The van der Waals surface area contributed by atoms with Gasteiger partial charge in [-0.2, -0.15) is 0 Å². The second-order valence-electron chi connectivity index (χ2n) is 8.06. The zero-order valence-electron chi connectivity index (χ0n) is 18.8. The second-order valence-corrected chi connectivity index (χ2v) is 9.05. The number of piperidine rings is 1. The van der Waals surface area contributed by atoms with E-state index in [1.165, 1.54) is 11.3 Å². The number of nitrogens with one attached hydrogen (secondary N) is 1. The molecule has 0 saturated carbocycles. The molecular weight excluding hydrogens is 436 g/mol. The predicted octanol–water partition coefficient (Wildman–Crippen LogP) is 4.47. The topological polar surface area (TPSA) is 97.6 Å². The molecule has 0 radical (unpaired) electrons. The third-order valence-electron chi connectivity index (χ3n) is 5.80. The SMILES string of the molecule is CCOc1ccc(-c2nc(C)c(C(=O)Nc3ccc(N4CCC(C(N)=O)CC4)cc3)s2)cc1. The van der Waals surface area contributed by atoms with Crippen LogP contribution in [-0.4, -0.2) is 36.5 Å². The molecule has 2 amide bonds. The summed E-state index contributed by atoms with van der Waals surface area (Å²) in [4.78, 5) is 31.7. The van der Waals surface area contributed by atoms with Crippen LogP contribution in [0.4, 0.5) is 11.4 Å². The number of carbonyl (C=O) groups is 2. The van der Waals surface area contributed by atoms with Crippen molar-refractivity contribution >= 4 is 34.5 Å². The first-order chi connectivity index (χ1) is 15.9. The Hall–Kier alpha value is -3.39. The van der Waals surface area contributed by atoms with Gasteiger partial charge in [0.25, 0.3) is 5.91 Å². The predicted molar refractivity (Wildman–Crippen MR) is 132 cm³/mol. The second kappa shape index (κ2) is 10.0. The molecule has 3 aromatic rings. The number of benzene rings is 2. The summed E-state index contributed by atoms with van der Waals surface area (Å²) < 4.78 is 5.49. The highest BCUT2D eigenvalue weighted by Crippen LogP contribution is 2.30. The fourth-order valence-electron chi connectivity index (χ4n) is 3.96. The maximum absolute atomic E-state index is 12.9. The highest BCUT2D eigenvalue weighted by molar-refractivity contribution is 7.17. The van der Waals surface area contributed by atoms with Crippen LogP contribution in [-0.2, 0) is 4.79 Å². The number of hydrogen-bond acceptors (Lipinski definition) is 6. The van der Waals surface area contributed by atoms with E-state index in [2.05, 4.69) is 15.2 Å². The summed E-state index contributed by atoms with van der Waals surface area (Å²) in [6, 6.07) is 15.5. The molecule has 172 valence electrons. The molecule has 2 heterocycles. The minimum absolute atomic E-state index is 0.0324. The van der Waals surface area contributed by atoms with Crippen molar-refractivity contribution in [1.29, 1.82) is 0 Å². The van der Waals surface area contributed by atoms with Crippen LogP contribution in [0.1, 0.15) is 35.1 Å². The highest BCUT2D eigenvalue weighted by atomic mass is 32.1. The number of aromatic nitrogens is 1. The van der Waals surface area contributed by atoms with Crippen LogP contribution in [0.3, 0.4) is 0 Å². The highest BCUT2D eigenvalue weighted by Gasteiger charge is 2.23. The largest absolute Gasteiger partial charge is 0.494 e. The van der Waals surface area contributed by atoms with E-state index in [1.807, 2.05) is 62.4 Å². The molecule has 0 spiro atoms. The summed E-state index contributed by atoms with van der Waals surface area (Å²) in [5.74, 6) is 0.400. The fourth-order valence-corrected chi connectivity index (χ4v) is 4.92. The molecular formula is C25H28N4O3S. The molecule has 0 atom stereocenters. The zero-order chi connectivity index (χ0) is 23.4. The van der Waals surface area contributed by atoms with Gasteiger partial charge in [0, 0.05) is 35.9 Å². The lowest BCUT2D eigenvalue weighted by molar-refractivity contribution is -0.122. The monoisotopic (exact) mass is 464 g/mol. The number of thiazole rings is 1. The van der Waals surface area contributed by atoms with Gasteiger partial charge in [0.05, 0.1) is 12.3 Å². The maximum atomic E-state index is 12.9. The van der Waals surface area contributed by atoms with Crippen molar-refractivity contribution in [3.63, 3.8) is 0 Å². The normalized spacial score (nSPS) is 14.2. The first-order valence-corrected chi connectivity index (χ1v) is 11.9. The first-order valence-electron chi connectivity index (χ1n) is 11.1. The van der Waals surface area contributed by atoms with E-state index >= 15 is 0 Å². The van der Waals surface area contributed by atoms with Crippen molar-refractivity contribution in [3.05, 3.63) is 59.1 Å². The number of carbonyl (C=O) groups excluding carboxylic acids is 2. The fraction of sp³-hybridized carbons (Fsp3) is 0.320. The third-order valence-corrected chi connectivity index (χ3v) is 7.01. The molecule has 0 bridgehead atoms. The number of primary amides is 1. The lowest BCUT2D eigenvalue weighted by Gasteiger charge is -2.32.